The number of aryl methyl sites for hydroxylation is 1. The molecule has 0 fully saturated rings. The van der Waals surface area contributed by atoms with Gasteiger partial charge in [-0.3, -0.25) is 4.79 Å². The lowest BCUT2D eigenvalue weighted by atomic mass is 9.94. The molecular weight excluding hydrogens is 318 g/mol. The van der Waals surface area contributed by atoms with Gasteiger partial charge in [0.15, 0.2) is 0 Å². The third-order valence-electron chi connectivity index (χ3n) is 3.99. The van der Waals surface area contributed by atoms with Crippen molar-refractivity contribution in [2.24, 2.45) is 0 Å². The summed E-state index contributed by atoms with van der Waals surface area (Å²) in [6.45, 7) is 2.05. The summed E-state index contributed by atoms with van der Waals surface area (Å²) in [6, 6.07) is 24.8. The average molecular weight is 336 g/mol. The second kappa shape index (κ2) is 7.33. The summed E-state index contributed by atoms with van der Waals surface area (Å²) in [7, 11) is 0. The molecule has 0 aliphatic rings. The molecule has 0 spiro atoms. The highest BCUT2D eigenvalue weighted by atomic mass is 35.5. The molecule has 24 heavy (non-hydrogen) atoms. The summed E-state index contributed by atoms with van der Waals surface area (Å²) >= 11 is 6.00. The highest BCUT2D eigenvalue weighted by Gasteiger charge is 2.19. The minimum Gasteiger partial charge on any atom is -0.341 e. The Morgan fingerprint density at radius 3 is 2.33 bits per heavy atom. The molecule has 3 heteroatoms. The van der Waals surface area contributed by atoms with Gasteiger partial charge >= 0.3 is 0 Å². The van der Waals surface area contributed by atoms with Crippen molar-refractivity contribution in [1.82, 2.24) is 5.32 Å². The number of carbonyl (C=O) groups is 1. The van der Waals surface area contributed by atoms with Crippen LogP contribution in [0.15, 0.2) is 78.9 Å². The van der Waals surface area contributed by atoms with Crippen molar-refractivity contribution in [3.63, 3.8) is 0 Å². The van der Waals surface area contributed by atoms with E-state index in [1.807, 2.05) is 48.5 Å². The smallest absolute Gasteiger partial charge is 0.252 e. The maximum atomic E-state index is 12.7. The van der Waals surface area contributed by atoms with Crippen LogP contribution >= 0.6 is 11.6 Å². The molecule has 2 nitrogen and oxygen atoms in total. The maximum absolute atomic E-state index is 12.7. The predicted molar refractivity (Wildman–Crippen MR) is 98.4 cm³/mol. The molecule has 0 aromatic heterocycles. The summed E-state index contributed by atoms with van der Waals surface area (Å²) in [5.74, 6) is -0.144. The van der Waals surface area contributed by atoms with Gasteiger partial charge in [0.2, 0.25) is 0 Å². The van der Waals surface area contributed by atoms with E-state index in [0.29, 0.717) is 10.6 Å². The molecule has 1 N–H and O–H groups in total. The molecular formula is C21H18ClNO. The van der Waals surface area contributed by atoms with Gasteiger partial charge in [0.1, 0.15) is 0 Å². The van der Waals surface area contributed by atoms with E-state index >= 15 is 0 Å². The van der Waals surface area contributed by atoms with E-state index < -0.39 is 0 Å². The topological polar surface area (TPSA) is 29.1 Å². The first-order valence-corrected chi connectivity index (χ1v) is 8.20. The molecule has 120 valence electrons. The van der Waals surface area contributed by atoms with Crippen molar-refractivity contribution in [2.45, 2.75) is 13.0 Å². The van der Waals surface area contributed by atoms with Crippen LogP contribution in [-0.2, 0) is 0 Å². The number of halogens is 1. The quantitative estimate of drug-likeness (QED) is 0.700. The molecule has 0 bridgehead atoms. The Balaban J connectivity index is 1.97. The van der Waals surface area contributed by atoms with E-state index in [9.17, 15) is 4.79 Å². The number of carbonyl (C=O) groups excluding carboxylic acids is 1. The first-order valence-electron chi connectivity index (χ1n) is 7.82. The molecule has 1 amide bonds. The second-order valence-corrected chi connectivity index (χ2v) is 6.12. The lowest BCUT2D eigenvalue weighted by molar-refractivity contribution is 0.0943. The first-order chi connectivity index (χ1) is 11.6. The zero-order valence-electron chi connectivity index (χ0n) is 13.4. The van der Waals surface area contributed by atoms with Gasteiger partial charge in [-0.25, -0.2) is 0 Å². The van der Waals surface area contributed by atoms with Crippen molar-refractivity contribution >= 4 is 17.5 Å². The van der Waals surface area contributed by atoms with Crippen molar-refractivity contribution in [2.75, 3.05) is 0 Å². The molecule has 0 saturated heterocycles. The average Bonchev–Trinajstić information content (AvgIpc) is 2.61. The molecule has 0 saturated carbocycles. The van der Waals surface area contributed by atoms with Crippen LogP contribution in [0.1, 0.15) is 33.1 Å². The predicted octanol–water partition coefficient (Wildman–Crippen LogP) is 5.17. The van der Waals surface area contributed by atoms with Crippen LogP contribution in [0.4, 0.5) is 0 Å². The van der Waals surface area contributed by atoms with Crippen LogP contribution in [0, 0.1) is 6.92 Å². The minimum atomic E-state index is -0.209. The van der Waals surface area contributed by atoms with E-state index in [-0.39, 0.29) is 11.9 Å². The number of amides is 1. The van der Waals surface area contributed by atoms with E-state index in [1.54, 1.807) is 24.3 Å². The number of rotatable bonds is 4. The van der Waals surface area contributed by atoms with Gasteiger partial charge in [0, 0.05) is 10.6 Å². The summed E-state index contributed by atoms with van der Waals surface area (Å²) in [4.78, 5) is 12.7. The molecule has 3 rings (SSSR count). The number of hydrogen-bond donors (Lipinski definition) is 1. The van der Waals surface area contributed by atoms with Crippen LogP contribution in [-0.4, -0.2) is 5.91 Å². The van der Waals surface area contributed by atoms with E-state index in [0.717, 1.165) is 16.7 Å². The van der Waals surface area contributed by atoms with Gasteiger partial charge in [0.25, 0.3) is 5.91 Å². The maximum Gasteiger partial charge on any atom is 0.252 e. The highest BCUT2D eigenvalue weighted by Crippen LogP contribution is 2.25. The van der Waals surface area contributed by atoms with Gasteiger partial charge in [-0.1, -0.05) is 72.3 Å². The summed E-state index contributed by atoms with van der Waals surface area (Å²) in [5.41, 5.74) is 3.82. The molecule has 0 heterocycles. The fourth-order valence-electron chi connectivity index (χ4n) is 2.74. The minimum absolute atomic E-state index is 0.144. The van der Waals surface area contributed by atoms with Gasteiger partial charge in [-0.15, -0.1) is 0 Å². The molecule has 3 aromatic rings. The van der Waals surface area contributed by atoms with Crippen molar-refractivity contribution in [3.8, 4) is 0 Å². The Labute approximate surface area is 147 Å². The number of hydrogen-bond acceptors (Lipinski definition) is 1. The van der Waals surface area contributed by atoms with Crippen LogP contribution in [0.25, 0.3) is 0 Å². The standard InChI is InChI=1S/C21H18ClNO/c1-15-8-5-6-13-19(15)20(16-9-3-2-4-10-16)23-21(24)17-11-7-12-18(22)14-17/h2-14,20H,1H3,(H,23,24)/t20-/m0/s1. The fourth-order valence-corrected chi connectivity index (χ4v) is 2.93. The molecule has 0 unspecified atom stereocenters. The van der Waals surface area contributed by atoms with Crippen molar-refractivity contribution in [1.29, 1.82) is 0 Å². The van der Waals surface area contributed by atoms with Crippen molar-refractivity contribution in [3.05, 3.63) is 106 Å². The van der Waals surface area contributed by atoms with Crippen LogP contribution in [0.5, 0.6) is 0 Å². The monoisotopic (exact) mass is 335 g/mol. The Morgan fingerprint density at radius 2 is 1.62 bits per heavy atom. The summed E-state index contributed by atoms with van der Waals surface area (Å²) in [6.07, 6.45) is 0. The Kier molecular flexibility index (Phi) is 4.97. The molecule has 0 radical (unpaired) electrons. The van der Waals surface area contributed by atoms with Gasteiger partial charge in [-0.05, 0) is 41.8 Å². The lowest BCUT2D eigenvalue weighted by Crippen LogP contribution is -2.29. The van der Waals surface area contributed by atoms with Gasteiger partial charge < -0.3 is 5.32 Å². The van der Waals surface area contributed by atoms with Crippen LogP contribution < -0.4 is 5.32 Å². The molecule has 1 atom stereocenters. The Morgan fingerprint density at radius 1 is 0.917 bits per heavy atom. The molecule has 3 aromatic carbocycles. The fraction of sp³-hybridized carbons (Fsp3) is 0.0952. The zero-order chi connectivity index (χ0) is 16.9. The largest absolute Gasteiger partial charge is 0.341 e. The lowest BCUT2D eigenvalue weighted by Gasteiger charge is -2.22. The van der Waals surface area contributed by atoms with Crippen LogP contribution in [0.3, 0.4) is 0 Å². The normalized spacial score (nSPS) is 11.8. The van der Waals surface area contributed by atoms with Gasteiger partial charge in [-0.2, -0.15) is 0 Å². The second-order valence-electron chi connectivity index (χ2n) is 5.68. The Bertz CT molecular complexity index is 845. The SMILES string of the molecule is Cc1ccccc1[C@@H](NC(=O)c1cccc(Cl)c1)c1ccccc1. The third kappa shape index (κ3) is 3.66. The van der Waals surface area contributed by atoms with E-state index in [4.69, 9.17) is 11.6 Å². The molecule has 0 aliphatic carbocycles. The number of benzene rings is 3. The van der Waals surface area contributed by atoms with Gasteiger partial charge in [0.05, 0.1) is 6.04 Å². The first kappa shape index (κ1) is 16.3. The highest BCUT2D eigenvalue weighted by molar-refractivity contribution is 6.30. The Hall–Kier alpha value is -2.58. The third-order valence-corrected chi connectivity index (χ3v) is 4.23. The van der Waals surface area contributed by atoms with Crippen LogP contribution in [0.2, 0.25) is 5.02 Å². The zero-order valence-corrected chi connectivity index (χ0v) is 14.1. The van der Waals surface area contributed by atoms with E-state index in [2.05, 4.69) is 18.3 Å². The summed E-state index contributed by atoms with van der Waals surface area (Å²) < 4.78 is 0. The summed E-state index contributed by atoms with van der Waals surface area (Å²) in [5, 5.41) is 3.69. The van der Waals surface area contributed by atoms with Crippen molar-refractivity contribution < 1.29 is 4.79 Å². The molecule has 0 aliphatic heterocycles. The van der Waals surface area contributed by atoms with E-state index in [1.165, 1.54) is 0 Å². The number of nitrogens with one attached hydrogen (secondary N) is 1.